The van der Waals surface area contributed by atoms with Crippen LogP contribution in [0, 0.1) is 18.3 Å². The molecule has 0 radical (unpaired) electrons. The summed E-state index contributed by atoms with van der Waals surface area (Å²) >= 11 is 3.39. The highest BCUT2D eigenvalue weighted by Gasteiger charge is 2.26. The molecule has 2 rings (SSSR count). The second kappa shape index (κ2) is 6.55. The van der Waals surface area contributed by atoms with E-state index in [-0.39, 0.29) is 5.78 Å². The van der Waals surface area contributed by atoms with Crippen LogP contribution in [0.25, 0.3) is 0 Å². The van der Waals surface area contributed by atoms with Crippen molar-refractivity contribution in [1.29, 1.82) is 5.26 Å². The number of benzene rings is 2. The van der Waals surface area contributed by atoms with Crippen molar-refractivity contribution in [2.45, 2.75) is 12.8 Å². The van der Waals surface area contributed by atoms with E-state index >= 15 is 0 Å². The summed E-state index contributed by atoms with van der Waals surface area (Å²) in [5.74, 6) is -0.588. The highest BCUT2D eigenvalue weighted by atomic mass is 79.9. The lowest BCUT2D eigenvalue weighted by Crippen LogP contribution is -2.13. The van der Waals surface area contributed by atoms with Crippen molar-refractivity contribution < 1.29 is 9.53 Å². The van der Waals surface area contributed by atoms with Gasteiger partial charge in [-0.25, -0.2) is 0 Å². The van der Waals surface area contributed by atoms with Crippen LogP contribution in [-0.2, 0) is 0 Å². The molecule has 106 valence electrons. The first kappa shape index (κ1) is 15.3. The summed E-state index contributed by atoms with van der Waals surface area (Å²) in [6.45, 7) is 1.95. The van der Waals surface area contributed by atoms with Gasteiger partial charge in [-0.1, -0.05) is 40.2 Å². The molecular formula is C17H14BrNO2. The standard InChI is InChI=1S/C17H14BrNO2/c1-11-7-8-13(15(18)9-11)17(20)14(10-19)12-5-3-4-6-16(12)21-2/h3-9,14H,1-2H3. The van der Waals surface area contributed by atoms with Crippen LogP contribution in [0.15, 0.2) is 46.9 Å². The number of halogens is 1. The predicted molar refractivity (Wildman–Crippen MR) is 84.6 cm³/mol. The molecule has 0 fully saturated rings. The molecule has 0 heterocycles. The molecule has 2 aromatic rings. The molecule has 0 aliphatic carbocycles. The topological polar surface area (TPSA) is 50.1 Å². The van der Waals surface area contributed by atoms with Crippen molar-refractivity contribution in [3.63, 3.8) is 0 Å². The number of ether oxygens (including phenoxy) is 1. The van der Waals surface area contributed by atoms with E-state index in [2.05, 4.69) is 22.0 Å². The normalized spacial score (nSPS) is 11.5. The first-order chi connectivity index (χ1) is 10.1. The fraction of sp³-hybridized carbons (Fsp3) is 0.176. The van der Waals surface area contributed by atoms with Crippen LogP contribution in [0.2, 0.25) is 0 Å². The molecular weight excluding hydrogens is 330 g/mol. The summed E-state index contributed by atoms with van der Waals surface area (Å²) in [4.78, 5) is 12.7. The zero-order valence-electron chi connectivity index (χ0n) is 11.8. The third-order valence-corrected chi connectivity index (χ3v) is 3.89. The molecule has 0 saturated heterocycles. The summed E-state index contributed by atoms with van der Waals surface area (Å²) in [5, 5.41) is 9.43. The molecule has 3 nitrogen and oxygen atoms in total. The van der Waals surface area contributed by atoms with Gasteiger partial charge in [0.1, 0.15) is 11.7 Å². The number of hydrogen-bond acceptors (Lipinski definition) is 3. The second-order valence-electron chi connectivity index (χ2n) is 4.65. The summed E-state index contributed by atoms with van der Waals surface area (Å²) in [7, 11) is 1.53. The van der Waals surface area contributed by atoms with Gasteiger partial charge in [0, 0.05) is 15.6 Å². The smallest absolute Gasteiger partial charge is 0.185 e. The van der Waals surface area contributed by atoms with E-state index in [9.17, 15) is 10.1 Å². The molecule has 1 atom stereocenters. The Morgan fingerprint density at radius 2 is 2.00 bits per heavy atom. The number of nitriles is 1. The van der Waals surface area contributed by atoms with Crippen LogP contribution in [0.5, 0.6) is 5.75 Å². The Hall–Kier alpha value is -2.12. The molecule has 21 heavy (non-hydrogen) atoms. The van der Waals surface area contributed by atoms with Gasteiger partial charge in [-0.2, -0.15) is 5.26 Å². The van der Waals surface area contributed by atoms with Crippen LogP contribution < -0.4 is 4.74 Å². The number of nitrogens with zero attached hydrogens (tertiary/aromatic N) is 1. The number of carbonyl (C=O) groups is 1. The van der Waals surface area contributed by atoms with Crippen molar-refractivity contribution in [1.82, 2.24) is 0 Å². The SMILES string of the molecule is COc1ccccc1C(C#N)C(=O)c1ccc(C)cc1Br. The van der Waals surface area contributed by atoms with E-state index in [0.717, 1.165) is 5.56 Å². The number of para-hydroxylation sites is 1. The molecule has 0 saturated carbocycles. The lowest BCUT2D eigenvalue weighted by atomic mass is 9.91. The molecule has 0 aromatic heterocycles. The largest absolute Gasteiger partial charge is 0.496 e. The van der Waals surface area contributed by atoms with Gasteiger partial charge in [0.15, 0.2) is 5.78 Å². The van der Waals surface area contributed by atoms with Gasteiger partial charge in [-0.05, 0) is 30.7 Å². The quantitative estimate of drug-likeness (QED) is 0.779. The van der Waals surface area contributed by atoms with Gasteiger partial charge in [-0.15, -0.1) is 0 Å². The maximum Gasteiger partial charge on any atom is 0.185 e. The Morgan fingerprint density at radius 3 is 2.62 bits per heavy atom. The van der Waals surface area contributed by atoms with Crippen LogP contribution in [-0.4, -0.2) is 12.9 Å². The maximum absolute atomic E-state index is 12.7. The Morgan fingerprint density at radius 1 is 1.29 bits per heavy atom. The third-order valence-electron chi connectivity index (χ3n) is 3.23. The number of aryl methyl sites for hydroxylation is 1. The fourth-order valence-electron chi connectivity index (χ4n) is 2.15. The lowest BCUT2D eigenvalue weighted by molar-refractivity contribution is 0.0977. The van der Waals surface area contributed by atoms with Gasteiger partial charge in [-0.3, -0.25) is 4.79 Å². The van der Waals surface area contributed by atoms with Crippen LogP contribution in [0.1, 0.15) is 27.4 Å². The fourth-order valence-corrected chi connectivity index (χ4v) is 2.84. The second-order valence-corrected chi connectivity index (χ2v) is 5.51. The average Bonchev–Trinajstić information content (AvgIpc) is 2.48. The number of carbonyl (C=O) groups excluding carboxylic acids is 1. The number of methoxy groups -OCH3 is 1. The van der Waals surface area contributed by atoms with Crippen molar-refractivity contribution >= 4 is 21.7 Å². The minimum Gasteiger partial charge on any atom is -0.496 e. The first-order valence-electron chi connectivity index (χ1n) is 6.41. The van der Waals surface area contributed by atoms with Crippen LogP contribution in [0.4, 0.5) is 0 Å². The molecule has 0 aliphatic rings. The third kappa shape index (κ3) is 3.14. The van der Waals surface area contributed by atoms with E-state index in [4.69, 9.17) is 4.74 Å². The summed E-state index contributed by atoms with van der Waals surface area (Å²) < 4.78 is 5.95. The average molecular weight is 344 g/mol. The van der Waals surface area contributed by atoms with Crippen molar-refractivity contribution in [3.8, 4) is 11.8 Å². The van der Waals surface area contributed by atoms with Crippen molar-refractivity contribution in [2.24, 2.45) is 0 Å². The molecule has 0 aliphatic heterocycles. The van der Waals surface area contributed by atoms with Crippen LogP contribution in [0.3, 0.4) is 0 Å². The van der Waals surface area contributed by atoms with Gasteiger partial charge < -0.3 is 4.74 Å². The molecule has 4 heteroatoms. The summed E-state index contributed by atoms with van der Waals surface area (Å²) in [6, 6.07) is 14.6. The number of Topliss-reactive ketones (excluding diaryl/α,β-unsaturated/α-hetero) is 1. The predicted octanol–water partition coefficient (Wildman–Crippen LogP) is 4.26. The Labute approximate surface area is 132 Å². The van der Waals surface area contributed by atoms with Crippen molar-refractivity contribution in [2.75, 3.05) is 7.11 Å². The molecule has 0 bridgehead atoms. The number of rotatable bonds is 4. The van der Waals surface area contributed by atoms with E-state index < -0.39 is 5.92 Å². The maximum atomic E-state index is 12.7. The van der Waals surface area contributed by atoms with E-state index in [0.29, 0.717) is 21.3 Å². The highest BCUT2D eigenvalue weighted by Crippen LogP contribution is 2.31. The van der Waals surface area contributed by atoms with Gasteiger partial charge in [0.05, 0.1) is 13.2 Å². The van der Waals surface area contributed by atoms with E-state index in [1.54, 1.807) is 24.3 Å². The number of ketones is 1. The number of hydrogen-bond donors (Lipinski definition) is 0. The van der Waals surface area contributed by atoms with E-state index in [1.165, 1.54) is 7.11 Å². The Bertz CT molecular complexity index is 719. The van der Waals surface area contributed by atoms with Crippen LogP contribution >= 0.6 is 15.9 Å². The lowest BCUT2D eigenvalue weighted by Gasteiger charge is -2.13. The summed E-state index contributed by atoms with van der Waals surface area (Å²) in [5.41, 5.74) is 2.13. The first-order valence-corrected chi connectivity index (χ1v) is 7.20. The Balaban J connectivity index is 2.46. The molecule has 0 amide bonds. The molecule has 2 aromatic carbocycles. The molecule has 0 N–H and O–H groups in total. The Kier molecular flexibility index (Phi) is 4.77. The van der Waals surface area contributed by atoms with Crippen molar-refractivity contribution in [3.05, 3.63) is 63.6 Å². The minimum atomic E-state index is -0.889. The zero-order valence-corrected chi connectivity index (χ0v) is 13.3. The summed E-state index contributed by atoms with van der Waals surface area (Å²) in [6.07, 6.45) is 0. The highest BCUT2D eigenvalue weighted by molar-refractivity contribution is 9.10. The van der Waals surface area contributed by atoms with Gasteiger partial charge in [0.25, 0.3) is 0 Å². The monoisotopic (exact) mass is 343 g/mol. The minimum absolute atomic E-state index is 0.242. The molecule has 1 unspecified atom stereocenters. The molecule has 0 spiro atoms. The zero-order chi connectivity index (χ0) is 15.4. The van der Waals surface area contributed by atoms with Gasteiger partial charge in [0.2, 0.25) is 0 Å². The van der Waals surface area contributed by atoms with Gasteiger partial charge >= 0.3 is 0 Å². The van der Waals surface area contributed by atoms with E-state index in [1.807, 2.05) is 25.1 Å².